The largest absolute Gasteiger partial charge is 0.507 e. The zero-order valence-corrected chi connectivity index (χ0v) is 14.7. The Hall–Kier alpha value is -0.630. The maximum Gasteiger partial charge on any atom is 0.123 e. The lowest BCUT2D eigenvalue weighted by Crippen LogP contribution is -2.18. The molecule has 1 N–H and O–H groups in total. The lowest BCUT2D eigenvalue weighted by Gasteiger charge is -2.28. The van der Waals surface area contributed by atoms with E-state index in [4.69, 9.17) is 0 Å². The molecule has 1 fully saturated rings. The van der Waals surface area contributed by atoms with Gasteiger partial charge < -0.3 is 5.11 Å². The molecule has 0 bridgehead atoms. The van der Waals surface area contributed by atoms with Crippen molar-refractivity contribution in [3.8, 4) is 5.75 Å². The number of thioether (sulfide) groups is 1. The number of aromatic hydroxyl groups is 1. The molecule has 0 saturated carbocycles. The Morgan fingerprint density at radius 2 is 1.40 bits per heavy atom. The van der Waals surface area contributed by atoms with Crippen LogP contribution in [-0.4, -0.2) is 15.6 Å². The number of hydrogen-bond acceptors (Lipinski definition) is 2. The Bertz CT molecular complexity index is 470. The molecule has 1 heterocycles. The first-order valence-corrected chi connectivity index (χ1v) is 8.47. The van der Waals surface area contributed by atoms with Gasteiger partial charge in [-0.05, 0) is 33.9 Å². The molecule has 2 rings (SSSR count). The molecular weight excluding hydrogens is 264 g/mol. The number of phenols is 1. The molecule has 2 heteroatoms. The van der Waals surface area contributed by atoms with Gasteiger partial charge in [-0.15, -0.1) is 0 Å². The molecule has 0 radical (unpaired) electrons. The van der Waals surface area contributed by atoms with E-state index in [2.05, 4.69) is 72.4 Å². The highest BCUT2D eigenvalue weighted by Crippen LogP contribution is 2.45. The third-order valence-electron chi connectivity index (χ3n) is 4.06. The van der Waals surface area contributed by atoms with Crippen LogP contribution in [0.15, 0.2) is 12.1 Å². The second kappa shape index (κ2) is 4.98. The summed E-state index contributed by atoms with van der Waals surface area (Å²) in [5, 5.41) is 12.2. The van der Waals surface area contributed by atoms with E-state index in [1.807, 2.05) is 0 Å². The predicted molar refractivity (Wildman–Crippen MR) is 90.1 cm³/mol. The number of hydrogen-bond donors (Lipinski definition) is 1. The van der Waals surface area contributed by atoms with Gasteiger partial charge in [-0.25, -0.2) is 0 Å². The lowest BCUT2D eigenvalue weighted by atomic mass is 9.78. The van der Waals surface area contributed by atoms with E-state index in [0.717, 1.165) is 28.0 Å². The predicted octanol–water partition coefficient (Wildman–Crippen LogP) is 5.03. The van der Waals surface area contributed by atoms with E-state index in [-0.39, 0.29) is 10.8 Å². The van der Waals surface area contributed by atoms with Gasteiger partial charge in [0, 0.05) is 10.5 Å². The molecule has 0 aromatic heterocycles. The highest BCUT2D eigenvalue weighted by molar-refractivity contribution is 8.07. The van der Waals surface area contributed by atoms with Crippen LogP contribution in [0.2, 0.25) is 0 Å². The third kappa shape index (κ3) is 3.33. The van der Waals surface area contributed by atoms with Crippen molar-refractivity contribution in [2.45, 2.75) is 76.2 Å². The van der Waals surface area contributed by atoms with Crippen LogP contribution in [-0.2, 0) is 17.3 Å². The third-order valence-corrected chi connectivity index (χ3v) is 5.43. The fourth-order valence-electron chi connectivity index (χ4n) is 2.63. The van der Waals surface area contributed by atoms with Crippen molar-refractivity contribution in [3.63, 3.8) is 0 Å². The molecule has 20 heavy (non-hydrogen) atoms. The highest BCUT2D eigenvalue weighted by atomic mass is 32.2. The average Bonchev–Trinajstić information content (AvgIpc) is 2.93. The van der Waals surface area contributed by atoms with E-state index < -0.39 is 0 Å². The quantitative estimate of drug-likeness (QED) is 0.771. The molecule has 112 valence electrons. The van der Waals surface area contributed by atoms with Gasteiger partial charge in [0.1, 0.15) is 5.75 Å². The molecule has 0 amide bonds. The SMILES string of the molecule is CC1SC1Cc1cc(C(C)(C)C)c(O)c(C(C)(C)C)c1. The summed E-state index contributed by atoms with van der Waals surface area (Å²) in [6, 6.07) is 4.44. The van der Waals surface area contributed by atoms with Crippen LogP contribution in [0, 0.1) is 0 Å². The van der Waals surface area contributed by atoms with Gasteiger partial charge in [0.2, 0.25) is 0 Å². The fraction of sp³-hybridized carbons (Fsp3) is 0.667. The molecule has 1 aromatic rings. The molecule has 1 aliphatic heterocycles. The van der Waals surface area contributed by atoms with Gasteiger partial charge in [-0.3, -0.25) is 0 Å². The Labute approximate surface area is 128 Å². The maximum absolute atomic E-state index is 10.7. The van der Waals surface area contributed by atoms with E-state index in [1.165, 1.54) is 5.56 Å². The van der Waals surface area contributed by atoms with Crippen LogP contribution in [0.1, 0.15) is 65.2 Å². The van der Waals surface area contributed by atoms with Crippen molar-refractivity contribution >= 4 is 11.8 Å². The Morgan fingerprint density at radius 1 is 1.00 bits per heavy atom. The van der Waals surface area contributed by atoms with Crippen LogP contribution >= 0.6 is 11.8 Å². The number of benzene rings is 1. The summed E-state index contributed by atoms with van der Waals surface area (Å²) in [7, 11) is 0. The van der Waals surface area contributed by atoms with Crippen LogP contribution < -0.4 is 0 Å². The molecule has 2 unspecified atom stereocenters. The summed E-state index contributed by atoms with van der Waals surface area (Å²) in [6.07, 6.45) is 1.12. The summed E-state index contributed by atoms with van der Waals surface area (Å²) in [5.41, 5.74) is 3.49. The second-order valence-corrected chi connectivity index (χ2v) is 9.74. The Kier molecular flexibility index (Phi) is 3.92. The van der Waals surface area contributed by atoms with E-state index in [1.54, 1.807) is 0 Å². The topological polar surface area (TPSA) is 20.2 Å². The fourth-order valence-corrected chi connectivity index (χ4v) is 3.48. The average molecular weight is 292 g/mol. The minimum absolute atomic E-state index is 0.0254. The molecular formula is C18H28OS. The summed E-state index contributed by atoms with van der Waals surface area (Å²) < 4.78 is 0. The normalized spacial score (nSPS) is 22.9. The second-order valence-electron chi connectivity index (χ2n) is 8.12. The van der Waals surface area contributed by atoms with Crippen molar-refractivity contribution in [2.75, 3.05) is 0 Å². The first kappa shape index (κ1) is 15.8. The minimum Gasteiger partial charge on any atom is -0.507 e. The molecule has 2 atom stereocenters. The van der Waals surface area contributed by atoms with Crippen molar-refractivity contribution in [1.29, 1.82) is 0 Å². The van der Waals surface area contributed by atoms with Gasteiger partial charge in [-0.2, -0.15) is 11.8 Å². The van der Waals surface area contributed by atoms with Gasteiger partial charge in [0.25, 0.3) is 0 Å². The minimum atomic E-state index is -0.0254. The Morgan fingerprint density at radius 3 is 1.70 bits per heavy atom. The number of rotatable bonds is 2. The van der Waals surface area contributed by atoms with E-state index in [0.29, 0.717) is 5.75 Å². The molecule has 1 saturated heterocycles. The number of phenolic OH excluding ortho intramolecular Hbond substituents is 1. The van der Waals surface area contributed by atoms with Crippen LogP contribution in [0.4, 0.5) is 0 Å². The zero-order chi connectivity index (χ0) is 15.3. The lowest BCUT2D eigenvalue weighted by molar-refractivity contribution is 0.422. The van der Waals surface area contributed by atoms with Gasteiger partial charge in [-0.1, -0.05) is 60.6 Å². The Balaban J connectivity index is 2.48. The van der Waals surface area contributed by atoms with Gasteiger partial charge in [0.05, 0.1) is 0 Å². The first-order valence-electron chi connectivity index (χ1n) is 7.52. The van der Waals surface area contributed by atoms with Gasteiger partial charge in [0.15, 0.2) is 0 Å². The van der Waals surface area contributed by atoms with Gasteiger partial charge >= 0.3 is 0 Å². The summed E-state index contributed by atoms with van der Waals surface area (Å²) in [4.78, 5) is 0. The molecule has 1 aromatic carbocycles. The van der Waals surface area contributed by atoms with E-state index >= 15 is 0 Å². The van der Waals surface area contributed by atoms with Crippen LogP contribution in [0.25, 0.3) is 0 Å². The smallest absolute Gasteiger partial charge is 0.123 e. The van der Waals surface area contributed by atoms with Crippen LogP contribution in [0.3, 0.4) is 0 Å². The summed E-state index contributed by atoms with van der Waals surface area (Å²) in [6.45, 7) is 15.3. The first-order chi connectivity index (χ1) is 9.00. The molecule has 1 aliphatic rings. The van der Waals surface area contributed by atoms with Crippen LogP contribution in [0.5, 0.6) is 5.75 Å². The van der Waals surface area contributed by atoms with Crippen molar-refractivity contribution in [1.82, 2.24) is 0 Å². The summed E-state index contributed by atoms with van der Waals surface area (Å²) in [5.74, 6) is 0.491. The van der Waals surface area contributed by atoms with Crippen molar-refractivity contribution in [3.05, 3.63) is 28.8 Å². The summed E-state index contributed by atoms with van der Waals surface area (Å²) >= 11 is 2.05. The standard InChI is InChI=1S/C18H28OS/c1-11-15(20-11)10-12-8-13(17(2,3)4)16(19)14(9-12)18(5,6)7/h8-9,11,15,19H,10H2,1-7H3. The van der Waals surface area contributed by atoms with Crippen molar-refractivity contribution < 1.29 is 5.11 Å². The zero-order valence-electron chi connectivity index (χ0n) is 13.9. The maximum atomic E-state index is 10.7. The molecule has 0 spiro atoms. The highest BCUT2D eigenvalue weighted by Gasteiger charge is 2.34. The molecule has 1 nitrogen and oxygen atoms in total. The van der Waals surface area contributed by atoms with E-state index in [9.17, 15) is 5.11 Å². The van der Waals surface area contributed by atoms with Crippen molar-refractivity contribution in [2.24, 2.45) is 0 Å². The monoisotopic (exact) mass is 292 g/mol. The molecule has 0 aliphatic carbocycles.